The Morgan fingerprint density at radius 3 is 2.28 bits per heavy atom. The molecule has 11 heteroatoms. The Bertz CT molecular complexity index is 1120. The number of hydrogen-bond donors (Lipinski definition) is 5. The van der Waals surface area contributed by atoms with E-state index in [2.05, 4.69) is 39.9 Å². The van der Waals surface area contributed by atoms with Gasteiger partial charge in [0.2, 0.25) is 0 Å². The number of nitrogens with two attached hydrogens (primary N) is 1. The topological polar surface area (TPSA) is 138 Å². The van der Waals surface area contributed by atoms with Crippen LogP contribution in [0.4, 0.5) is 19.0 Å². The Labute approximate surface area is 206 Å². The van der Waals surface area contributed by atoms with Crippen LogP contribution >= 0.6 is 0 Å². The van der Waals surface area contributed by atoms with Crippen molar-refractivity contribution in [2.75, 3.05) is 18.8 Å². The molecule has 2 atom stereocenters. The van der Waals surface area contributed by atoms with Crippen molar-refractivity contribution in [2.45, 2.75) is 55.8 Å². The molecule has 0 bridgehead atoms. The minimum atomic E-state index is -5.08. The van der Waals surface area contributed by atoms with Gasteiger partial charge in [0, 0.05) is 29.8 Å². The molecule has 0 radical (unpaired) electrons. The Morgan fingerprint density at radius 2 is 1.75 bits per heavy atom. The van der Waals surface area contributed by atoms with Crippen LogP contribution in [-0.4, -0.2) is 58.5 Å². The third-order valence-corrected chi connectivity index (χ3v) is 7.29. The number of carbonyl (C=O) groups excluding carboxylic acids is 1. The lowest BCUT2D eigenvalue weighted by Crippen LogP contribution is -2.38. The standard InChI is InChI=1S/C23H28N4O2.C2HF3O2/c24-21-20(22(29)27-18-5-7-19(28)8-6-18)9-15(11-26-21)14-1-3-16(4-2-14)23-10-17(23)12-25-13-23;3-2(4,5)1(6)7/h1-4,9,11,17-19,25,28H,5-8,10,12-13H2,(H2,24,26)(H,27,29);(H,6,7)/t17-,18?,19?,23+;/m0./s1. The zero-order valence-electron chi connectivity index (χ0n) is 19.5. The quantitative estimate of drug-likeness (QED) is 0.430. The summed E-state index contributed by atoms with van der Waals surface area (Å²) in [4.78, 5) is 25.9. The van der Waals surface area contributed by atoms with Gasteiger partial charge in [-0.25, -0.2) is 9.78 Å². The van der Waals surface area contributed by atoms with Crippen molar-refractivity contribution in [3.63, 3.8) is 0 Å². The van der Waals surface area contributed by atoms with Crippen molar-refractivity contribution >= 4 is 17.7 Å². The second-order valence-electron chi connectivity index (χ2n) is 9.70. The smallest absolute Gasteiger partial charge is 0.475 e. The van der Waals surface area contributed by atoms with Crippen molar-refractivity contribution < 1.29 is 33.0 Å². The van der Waals surface area contributed by atoms with Crippen molar-refractivity contribution in [3.05, 3.63) is 47.7 Å². The van der Waals surface area contributed by atoms with E-state index in [1.165, 1.54) is 12.0 Å². The first-order valence-electron chi connectivity index (χ1n) is 11.9. The number of carbonyl (C=O) groups is 2. The van der Waals surface area contributed by atoms with Gasteiger partial charge in [-0.2, -0.15) is 13.2 Å². The van der Waals surface area contributed by atoms with Crippen molar-refractivity contribution in [1.29, 1.82) is 0 Å². The lowest BCUT2D eigenvalue weighted by atomic mass is 9.92. The maximum absolute atomic E-state index is 12.8. The molecule has 1 saturated heterocycles. The van der Waals surface area contributed by atoms with Gasteiger partial charge in [0.15, 0.2) is 0 Å². The number of alkyl halides is 3. The average Bonchev–Trinajstić information content (AvgIpc) is 3.40. The monoisotopic (exact) mass is 506 g/mol. The van der Waals surface area contributed by atoms with Gasteiger partial charge in [-0.05, 0) is 61.8 Å². The second kappa shape index (κ2) is 10.1. The van der Waals surface area contributed by atoms with Gasteiger partial charge < -0.3 is 26.6 Å². The number of aromatic nitrogens is 1. The highest BCUT2D eigenvalue weighted by molar-refractivity contribution is 5.99. The molecule has 194 valence electrons. The lowest BCUT2D eigenvalue weighted by molar-refractivity contribution is -0.192. The number of hydrogen-bond acceptors (Lipinski definition) is 6. The third-order valence-electron chi connectivity index (χ3n) is 7.29. The van der Waals surface area contributed by atoms with Crippen LogP contribution in [0.25, 0.3) is 11.1 Å². The van der Waals surface area contributed by atoms with E-state index in [0.29, 0.717) is 11.0 Å². The molecule has 2 saturated carbocycles. The Hall–Kier alpha value is -3.18. The predicted molar refractivity (Wildman–Crippen MR) is 126 cm³/mol. The molecule has 2 aliphatic carbocycles. The predicted octanol–water partition coefficient (Wildman–Crippen LogP) is 2.86. The summed E-state index contributed by atoms with van der Waals surface area (Å²) < 4.78 is 31.7. The molecule has 3 aliphatic rings. The van der Waals surface area contributed by atoms with Gasteiger partial charge in [0.25, 0.3) is 5.91 Å². The minimum absolute atomic E-state index is 0.0824. The van der Waals surface area contributed by atoms with Gasteiger partial charge in [-0.15, -0.1) is 0 Å². The third kappa shape index (κ3) is 5.62. The number of pyridine rings is 1. The highest BCUT2D eigenvalue weighted by atomic mass is 19.4. The number of rotatable bonds is 4. The molecular weight excluding hydrogens is 477 g/mol. The molecule has 1 aromatic heterocycles. The molecule has 36 heavy (non-hydrogen) atoms. The van der Waals surface area contributed by atoms with Crippen LogP contribution in [-0.2, 0) is 10.2 Å². The maximum Gasteiger partial charge on any atom is 0.490 e. The van der Waals surface area contributed by atoms with Crippen molar-refractivity contribution in [1.82, 2.24) is 15.6 Å². The number of carboxylic acid groups (broad SMARTS) is 1. The van der Waals surface area contributed by atoms with E-state index in [9.17, 15) is 23.1 Å². The first-order chi connectivity index (χ1) is 17.0. The molecule has 1 amide bonds. The molecular formula is C25H29F3N4O4. The van der Waals surface area contributed by atoms with Crippen LogP contribution in [0.5, 0.6) is 0 Å². The van der Waals surface area contributed by atoms with Gasteiger partial charge in [0.05, 0.1) is 11.7 Å². The van der Waals surface area contributed by atoms with E-state index in [1.807, 2.05) is 6.07 Å². The van der Waals surface area contributed by atoms with Crippen molar-refractivity contribution in [3.8, 4) is 11.1 Å². The normalized spacial score (nSPS) is 26.8. The van der Waals surface area contributed by atoms with Gasteiger partial charge in [-0.3, -0.25) is 4.79 Å². The van der Waals surface area contributed by atoms with E-state index in [1.54, 1.807) is 6.20 Å². The summed E-state index contributed by atoms with van der Waals surface area (Å²) in [5.41, 5.74) is 10.1. The first kappa shape index (κ1) is 25.9. The SMILES string of the molecule is Nc1ncc(-c2ccc([C@@]34CNC[C@@H]3C4)cc2)cc1C(=O)NC1CCC(O)CC1.O=C(O)C(F)(F)F. The number of halogens is 3. The number of carboxylic acids is 1. The van der Waals surface area contributed by atoms with E-state index in [-0.39, 0.29) is 23.9 Å². The summed E-state index contributed by atoms with van der Waals surface area (Å²) >= 11 is 0. The van der Waals surface area contributed by atoms with Gasteiger partial charge >= 0.3 is 12.1 Å². The van der Waals surface area contributed by atoms with Gasteiger partial charge in [0.1, 0.15) is 5.82 Å². The number of aliphatic hydroxyl groups excluding tert-OH is 1. The average molecular weight is 507 g/mol. The summed E-state index contributed by atoms with van der Waals surface area (Å²) in [6.07, 6.45) is 0.717. The molecule has 5 rings (SSSR count). The summed E-state index contributed by atoms with van der Waals surface area (Å²) in [5, 5.41) is 23.3. The molecule has 0 spiro atoms. The van der Waals surface area contributed by atoms with Crippen molar-refractivity contribution in [2.24, 2.45) is 5.92 Å². The zero-order valence-corrected chi connectivity index (χ0v) is 19.5. The van der Waals surface area contributed by atoms with Crippen LogP contribution in [0.2, 0.25) is 0 Å². The molecule has 2 heterocycles. The van der Waals surface area contributed by atoms with Crippen LogP contribution in [0.15, 0.2) is 36.5 Å². The fourth-order valence-corrected chi connectivity index (χ4v) is 5.08. The zero-order chi connectivity index (χ0) is 26.1. The summed E-state index contributed by atoms with van der Waals surface area (Å²) in [6.45, 7) is 2.20. The van der Waals surface area contributed by atoms with E-state index >= 15 is 0 Å². The number of aliphatic carboxylic acids is 1. The molecule has 8 nitrogen and oxygen atoms in total. The second-order valence-corrected chi connectivity index (χ2v) is 9.70. The molecule has 1 aromatic carbocycles. The van der Waals surface area contributed by atoms with Crippen LogP contribution in [0, 0.1) is 5.92 Å². The summed E-state index contributed by atoms with van der Waals surface area (Å²) in [5.74, 6) is -1.92. The Kier molecular flexibility index (Phi) is 7.24. The number of benzene rings is 1. The fraction of sp³-hybridized carbons (Fsp3) is 0.480. The number of piperidine rings is 1. The highest BCUT2D eigenvalue weighted by Crippen LogP contribution is 2.56. The number of aliphatic hydroxyl groups is 1. The Balaban J connectivity index is 0.000000384. The molecule has 2 aromatic rings. The van der Waals surface area contributed by atoms with Crippen LogP contribution in [0.1, 0.15) is 48.0 Å². The fourth-order valence-electron chi connectivity index (χ4n) is 5.08. The minimum Gasteiger partial charge on any atom is -0.475 e. The number of nitrogens with one attached hydrogen (secondary N) is 2. The van der Waals surface area contributed by atoms with Crippen LogP contribution < -0.4 is 16.4 Å². The highest BCUT2D eigenvalue weighted by Gasteiger charge is 2.57. The molecule has 3 fully saturated rings. The molecule has 1 aliphatic heterocycles. The van der Waals surface area contributed by atoms with E-state index in [4.69, 9.17) is 15.6 Å². The Morgan fingerprint density at radius 1 is 1.11 bits per heavy atom. The summed E-state index contributed by atoms with van der Waals surface area (Å²) in [6, 6.07) is 10.6. The van der Waals surface area contributed by atoms with Crippen LogP contribution in [0.3, 0.4) is 0 Å². The molecule has 0 unspecified atom stereocenters. The largest absolute Gasteiger partial charge is 0.490 e. The van der Waals surface area contributed by atoms with E-state index in [0.717, 1.165) is 55.8 Å². The summed E-state index contributed by atoms with van der Waals surface area (Å²) in [7, 11) is 0. The number of anilines is 1. The molecule has 6 N–H and O–H groups in total. The lowest BCUT2D eigenvalue weighted by Gasteiger charge is -2.26. The number of nitrogen functional groups attached to an aromatic ring is 1. The number of nitrogens with zero attached hydrogens (tertiary/aromatic N) is 1. The van der Waals surface area contributed by atoms with Gasteiger partial charge in [-0.1, -0.05) is 24.3 Å². The first-order valence-corrected chi connectivity index (χ1v) is 11.9. The van der Waals surface area contributed by atoms with E-state index < -0.39 is 12.1 Å². The number of fused-ring (bicyclic) bond motifs is 1. The number of amides is 1. The maximum atomic E-state index is 12.8.